The monoisotopic (exact) mass is 430 g/mol. The minimum atomic E-state index is -0.388. The number of amides is 1. The number of benzene rings is 3. The second-order valence-electron chi connectivity index (χ2n) is 6.72. The number of rotatable bonds is 7. The first-order chi connectivity index (χ1) is 15.2. The maximum absolute atomic E-state index is 12.3. The van der Waals surface area contributed by atoms with Gasteiger partial charge in [-0.1, -0.05) is 66.2 Å². The average Bonchev–Trinajstić information content (AvgIpc) is 3.30. The van der Waals surface area contributed by atoms with Gasteiger partial charge in [0.1, 0.15) is 18.1 Å². The molecule has 1 heterocycles. The Labute approximate surface area is 184 Å². The van der Waals surface area contributed by atoms with E-state index in [0.29, 0.717) is 23.0 Å². The van der Waals surface area contributed by atoms with Gasteiger partial charge in [-0.2, -0.15) is 10.2 Å². The standard InChI is InChI=1S/C24H19ClN4O2/c25-20-11-9-17(10-12-20)15-26-29-24(30)23-14-22(27-28-23)19-7-4-8-21(13-19)31-16-18-5-2-1-3-6-18/h1-15H,16H2,(H,27,28)(H,29,30)/b26-15-. The second kappa shape index (κ2) is 9.73. The SMILES string of the molecule is O=C(N/N=C\c1ccc(Cl)cc1)c1cc(-c2cccc(OCc3ccccc3)c2)n[nH]1. The molecule has 0 fully saturated rings. The van der Waals surface area contributed by atoms with Crippen LogP contribution in [0.25, 0.3) is 11.3 Å². The normalized spacial score (nSPS) is 10.9. The van der Waals surface area contributed by atoms with Crippen molar-refractivity contribution in [2.24, 2.45) is 5.10 Å². The molecule has 0 saturated carbocycles. The molecule has 0 radical (unpaired) electrons. The summed E-state index contributed by atoms with van der Waals surface area (Å²) in [7, 11) is 0. The van der Waals surface area contributed by atoms with Gasteiger partial charge in [0.05, 0.1) is 11.9 Å². The predicted molar refractivity (Wildman–Crippen MR) is 121 cm³/mol. The summed E-state index contributed by atoms with van der Waals surface area (Å²) in [5.74, 6) is 0.336. The molecule has 0 aliphatic heterocycles. The van der Waals surface area contributed by atoms with Crippen molar-refractivity contribution in [3.8, 4) is 17.0 Å². The predicted octanol–water partition coefficient (Wildman–Crippen LogP) is 5.07. The largest absolute Gasteiger partial charge is 0.489 e. The molecule has 0 unspecified atom stereocenters. The summed E-state index contributed by atoms with van der Waals surface area (Å²) in [5.41, 5.74) is 6.17. The summed E-state index contributed by atoms with van der Waals surface area (Å²) in [4.78, 5) is 12.3. The Morgan fingerprint density at radius 2 is 1.84 bits per heavy atom. The van der Waals surface area contributed by atoms with Crippen LogP contribution in [0.1, 0.15) is 21.6 Å². The minimum absolute atomic E-state index is 0.305. The van der Waals surface area contributed by atoms with Crippen LogP contribution in [0.5, 0.6) is 5.75 Å². The Balaban J connectivity index is 1.38. The first-order valence-corrected chi connectivity index (χ1v) is 9.97. The number of halogens is 1. The number of ether oxygens (including phenoxy) is 1. The van der Waals surface area contributed by atoms with Crippen LogP contribution in [0, 0.1) is 0 Å². The van der Waals surface area contributed by atoms with Gasteiger partial charge in [0, 0.05) is 10.6 Å². The van der Waals surface area contributed by atoms with Crippen LogP contribution in [-0.2, 0) is 6.61 Å². The summed E-state index contributed by atoms with van der Waals surface area (Å²) >= 11 is 5.85. The van der Waals surface area contributed by atoms with E-state index in [0.717, 1.165) is 22.4 Å². The number of nitrogens with zero attached hydrogens (tertiary/aromatic N) is 2. The van der Waals surface area contributed by atoms with Gasteiger partial charge in [-0.15, -0.1) is 0 Å². The molecule has 0 spiro atoms. The van der Waals surface area contributed by atoms with Gasteiger partial charge in [0.2, 0.25) is 0 Å². The maximum atomic E-state index is 12.3. The molecule has 0 bridgehead atoms. The van der Waals surface area contributed by atoms with Gasteiger partial charge in [0.15, 0.2) is 0 Å². The van der Waals surface area contributed by atoms with E-state index in [1.54, 1.807) is 36.5 Å². The number of hydrogen-bond donors (Lipinski definition) is 2. The van der Waals surface area contributed by atoms with E-state index in [1.165, 1.54) is 0 Å². The Bertz CT molecular complexity index is 1190. The van der Waals surface area contributed by atoms with Gasteiger partial charge < -0.3 is 4.74 Å². The van der Waals surface area contributed by atoms with Crippen LogP contribution in [-0.4, -0.2) is 22.3 Å². The zero-order chi connectivity index (χ0) is 21.5. The van der Waals surface area contributed by atoms with Crippen molar-refractivity contribution in [1.82, 2.24) is 15.6 Å². The van der Waals surface area contributed by atoms with Crippen LogP contribution in [0.2, 0.25) is 5.02 Å². The van der Waals surface area contributed by atoms with Gasteiger partial charge in [0.25, 0.3) is 5.91 Å². The molecule has 0 aliphatic carbocycles. The molecule has 31 heavy (non-hydrogen) atoms. The van der Waals surface area contributed by atoms with Gasteiger partial charge in [-0.05, 0) is 41.5 Å². The van der Waals surface area contributed by atoms with Crippen molar-refractivity contribution in [1.29, 1.82) is 0 Å². The van der Waals surface area contributed by atoms with Crippen molar-refractivity contribution >= 4 is 23.7 Å². The third-order valence-electron chi connectivity index (χ3n) is 4.45. The summed E-state index contributed by atoms with van der Waals surface area (Å²) < 4.78 is 5.87. The minimum Gasteiger partial charge on any atom is -0.489 e. The molecule has 2 N–H and O–H groups in total. The molecule has 4 rings (SSSR count). The summed E-state index contributed by atoms with van der Waals surface area (Å²) in [6, 6.07) is 26.3. The van der Waals surface area contributed by atoms with E-state index in [-0.39, 0.29) is 5.91 Å². The Morgan fingerprint density at radius 3 is 2.65 bits per heavy atom. The quantitative estimate of drug-likeness (QED) is 0.317. The van der Waals surface area contributed by atoms with Crippen molar-refractivity contribution < 1.29 is 9.53 Å². The van der Waals surface area contributed by atoms with Crippen LogP contribution in [0.4, 0.5) is 0 Å². The van der Waals surface area contributed by atoms with Gasteiger partial charge in [-0.3, -0.25) is 9.89 Å². The van der Waals surface area contributed by atoms with Crippen LogP contribution in [0.15, 0.2) is 90.0 Å². The van der Waals surface area contributed by atoms with Gasteiger partial charge >= 0.3 is 0 Å². The highest BCUT2D eigenvalue weighted by molar-refractivity contribution is 6.30. The number of carbonyl (C=O) groups excluding carboxylic acids is 1. The van der Waals surface area contributed by atoms with Crippen LogP contribution < -0.4 is 10.2 Å². The fraction of sp³-hybridized carbons (Fsp3) is 0.0417. The third-order valence-corrected chi connectivity index (χ3v) is 4.70. The second-order valence-corrected chi connectivity index (χ2v) is 7.16. The first kappa shape index (κ1) is 20.4. The molecule has 0 atom stereocenters. The van der Waals surface area contributed by atoms with Crippen molar-refractivity contribution in [3.05, 3.63) is 107 Å². The zero-order valence-electron chi connectivity index (χ0n) is 16.5. The molecule has 0 saturated heterocycles. The lowest BCUT2D eigenvalue weighted by Gasteiger charge is -2.07. The van der Waals surface area contributed by atoms with E-state index >= 15 is 0 Å². The highest BCUT2D eigenvalue weighted by atomic mass is 35.5. The van der Waals surface area contributed by atoms with E-state index in [1.807, 2.05) is 54.6 Å². The third kappa shape index (κ3) is 5.58. The number of H-pyrrole nitrogens is 1. The molecule has 1 amide bonds. The fourth-order valence-electron chi connectivity index (χ4n) is 2.85. The molecule has 4 aromatic rings. The Morgan fingerprint density at radius 1 is 1.03 bits per heavy atom. The van der Waals surface area contributed by atoms with E-state index in [2.05, 4.69) is 20.7 Å². The van der Waals surface area contributed by atoms with Crippen LogP contribution >= 0.6 is 11.6 Å². The zero-order valence-corrected chi connectivity index (χ0v) is 17.2. The van der Waals surface area contributed by atoms with Gasteiger partial charge in [-0.25, -0.2) is 5.43 Å². The Hall–Kier alpha value is -3.90. The lowest BCUT2D eigenvalue weighted by atomic mass is 10.1. The van der Waals surface area contributed by atoms with Crippen molar-refractivity contribution in [2.75, 3.05) is 0 Å². The smallest absolute Gasteiger partial charge is 0.289 e. The molecular formula is C24H19ClN4O2. The number of carbonyl (C=O) groups is 1. The van der Waals surface area contributed by atoms with E-state index in [9.17, 15) is 4.79 Å². The van der Waals surface area contributed by atoms with Crippen molar-refractivity contribution in [2.45, 2.75) is 6.61 Å². The number of hydrazone groups is 1. The lowest BCUT2D eigenvalue weighted by Crippen LogP contribution is -2.17. The fourth-order valence-corrected chi connectivity index (χ4v) is 2.97. The summed E-state index contributed by atoms with van der Waals surface area (Å²) in [6.07, 6.45) is 1.54. The van der Waals surface area contributed by atoms with E-state index in [4.69, 9.17) is 16.3 Å². The number of nitrogens with one attached hydrogen (secondary N) is 2. The highest BCUT2D eigenvalue weighted by Crippen LogP contribution is 2.23. The molecule has 0 aliphatic rings. The number of hydrogen-bond acceptors (Lipinski definition) is 4. The van der Waals surface area contributed by atoms with Crippen LogP contribution in [0.3, 0.4) is 0 Å². The molecule has 7 heteroatoms. The average molecular weight is 431 g/mol. The Kier molecular flexibility index (Phi) is 6.40. The van der Waals surface area contributed by atoms with Crippen molar-refractivity contribution in [3.63, 3.8) is 0 Å². The molecule has 6 nitrogen and oxygen atoms in total. The first-order valence-electron chi connectivity index (χ1n) is 9.59. The van der Waals surface area contributed by atoms with E-state index < -0.39 is 0 Å². The molecule has 1 aromatic heterocycles. The molecular weight excluding hydrogens is 412 g/mol. The highest BCUT2D eigenvalue weighted by Gasteiger charge is 2.11. The number of aromatic amines is 1. The topological polar surface area (TPSA) is 79.4 Å². The summed E-state index contributed by atoms with van der Waals surface area (Å²) in [6.45, 7) is 0.476. The lowest BCUT2D eigenvalue weighted by molar-refractivity contribution is 0.0950. The number of aromatic nitrogens is 2. The summed E-state index contributed by atoms with van der Waals surface area (Å²) in [5, 5.41) is 11.6. The molecule has 3 aromatic carbocycles. The molecule has 154 valence electrons. The maximum Gasteiger partial charge on any atom is 0.289 e.